The van der Waals surface area contributed by atoms with E-state index in [1.807, 2.05) is 30.3 Å². The van der Waals surface area contributed by atoms with Crippen molar-refractivity contribution in [1.29, 1.82) is 0 Å². The van der Waals surface area contributed by atoms with Gasteiger partial charge < -0.3 is 14.6 Å². The second-order valence-electron chi connectivity index (χ2n) is 3.09. The summed E-state index contributed by atoms with van der Waals surface area (Å²) >= 11 is 0. The minimum Gasteiger partial charge on any atom is -0.479 e. The predicted molar refractivity (Wildman–Crippen MR) is 54.5 cm³/mol. The van der Waals surface area contributed by atoms with Gasteiger partial charge in [0.25, 0.3) is 0 Å². The van der Waals surface area contributed by atoms with E-state index in [9.17, 15) is 4.79 Å². The molecular formula is C11H14O4. The molecule has 4 heteroatoms. The first-order valence-electron chi connectivity index (χ1n) is 4.61. The lowest BCUT2D eigenvalue weighted by atomic mass is 10.1. The molecule has 0 saturated carbocycles. The van der Waals surface area contributed by atoms with Crippen LogP contribution in [0.1, 0.15) is 5.56 Å². The average Bonchev–Trinajstić information content (AvgIpc) is 2.25. The highest BCUT2D eigenvalue weighted by Gasteiger charge is 2.18. The number of rotatable bonds is 6. The number of methoxy groups -OCH3 is 1. The highest BCUT2D eigenvalue weighted by molar-refractivity contribution is 5.72. The molecule has 0 aliphatic rings. The third-order valence-corrected chi connectivity index (χ3v) is 1.93. The quantitative estimate of drug-likeness (QED) is 0.719. The number of aliphatic carboxylic acids is 1. The summed E-state index contributed by atoms with van der Waals surface area (Å²) < 4.78 is 9.71. The van der Waals surface area contributed by atoms with E-state index in [1.54, 1.807) is 0 Å². The second-order valence-corrected chi connectivity index (χ2v) is 3.09. The van der Waals surface area contributed by atoms with E-state index < -0.39 is 12.1 Å². The monoisotopic (exact) mass is 210 g/mol. The maximum absolute atomic E-state index is 10.8. The van der Waals surface area contributed by atoms with Gasteiger partial charge in [-0.25, -0.2) is 4.79 Å². The fourth-order valence-electron chi connectivity index (χ4n) is 1.20. The maximum Gasteiger partial charge on any atom is 0.333 e. The molecule has 0 aliphatic carbocycles. The van der Waals surface area contributed by atoms with Crippen molar-refractivity contribution in [3.8, 4) is 0 Å². The van der Waals surface area contributed by atoms with Crippen molar-refractivity contribution in [2.24, 2.45) is 0 Å². The fourth-order valence-corrected chi connectivity index (χ4v) is 1.20. The van der Waals surface area contributed by atoms with Crippen LogP contribution in [0.4, 0.5) is 0 Å². The van der Waals surface area contributed by atoms with Crippen molar-refractivity contribution in [3.05, 3.63) is 35.9 Å². The van der Waals surface area contributed by atoms with Crippen molar-refractivity contribution < 1.29 is 19.4 Å². The molecule has 1 aromatic rings. The van der Waals surface area contributed by atoms with Gasteiger partial charge in [0.15, 0.2) is 6.10 Å². The molecule has 1 atom stereocenters. The van der Waals surface area contributed by atoms with Crippen molar-refractivity contribution in [2.75, 3.05) is 13.9 Å². The summed E-state index contributed by atoms with van der Waals surface area (Å²) in [5, 5.41) is 8.88. The Morgan fingerprint density at radius 2 is 2.07 bits per heavy atom. The Hall–Kier alpha value is -1.39. The van der Waals surface area contributed by atoms with Gasteiger partial charge in [0, 0.05) is 13.5 Å². The van der Waals surface area contributed by atoms with Crippen LogP contribution < -0.4 is 0 Å². The Bertz CT molecular complexity index is 297. The van der Waals surface area contributed by atoms with E-state index in [-0.39, 0.29) is 6.79 Å². The second kappa shape index (κ2) is 6.16. The van der Waals surface area contributed by atoms with Crippen LogP contribution in [0.5, 0.6) is 0 Å². The molecule has 0 amide bonds. The molecule has 4 nitrogen and oxygen atoms in total. The Kier molecular flexibility index (Phi) is 4.80. The molecule has 82 valence electrons. The number of benzene rings is 1. The number of carboxylic acids is 1. The summed E-state index contributed by atoms with van der Waals surface area (Å²) in [6, 6.07) is 9.35. The molecule has 15 heavy (non-hydrogen) atoms. The van der Waals surface area contributed by atoms with Crippen LogP contribution in [0, 0.1) is 0 Å². The number of carbonyl (C=O) groups is 1. The van der Waals surface area contributed by atoms with E-state index >= 15 is 0 Å². The standard InChI is InChI=1S/C11H14O4/c1-14-8-15-10(11(12)13)7-9-5-3-2-4-6-9/h2-6,10H,7-8H2,1H3,(H,12,13). The van der Waals surface area contributed by atoms with Gasteiger partial charge in [0.05, 0.1) is 0 Å². The van der Waals surface area contributed by atoms with Crippen molar-refractivity contribution in [3.63, 3.8) is 0 Å². The number of ether oxygens (including phenoxy) is 2. The topological polar surface area (TPSA) is 55.8 Å². The minimum absolute atomic E-state index is 0.0101. The predicted octanol–water partition coefficient (Wildman–Crippen LogP) is 1.30. The fraction of sp³-hybridized carbons (Fsp3) is 0.364. The SMILES string of the molecule is COCOC(Cc1ccccc1)C(=O)O. The van der Waals surface area contributed by atoms with Gasteiger partial charge in [0.1, 0.15) is 6.79 Å². The summed E-state index contributed by atoms with van der Waals surface area (Å²) in [6.45, 7) is -0.0101. The van der Waals surface area contributed by atoms with Gasteiger partial charge in [-0.05, 0) is 5.56 Å². The summed E-state index contributed by atoms with van der Waals surface area (Å²) in [7, 11) is 1.46. The summed E-state index contributed by atoms with van der Waals surface area (Å²) in [4.78, 5) is 10.8. The zero-order chi connectivity index (χ0) is 11.1. The molecule has 0 radical (unpaired) electrons. The van der Waals surface area contributed by atoms with E-state index in [2.05, 4.69) is 4.74 Å². The normalized spacial score (nSPS) is 12.3. The molecule has 0 aromatic heterocycles. The molecule has 0 spiro atoms. The highest BCUT2D eigenvalue weighted by Crippen LogP contribution is 2.06. The Morgan fingerprint density at radius 3 is 2.60 bits per heavy atom. The summed E-state index contributed by atoms with van der Waals surface area (Å²) in [6.07, 6.45) is -0.508. The number of carboxylic acid groups (broad SMARTS) is 1. The van der Waals surface area contributed by atoms with Crippen LogP contribution in [0.3, 0.4) is 0 Å². The van der Waals surface area contributed by atoms with Crippen molar-refractivity contribution >= 4 is 5.97 Å². The van der Waals surface area contributed by atoms with E-state index in [0.717, 1.165) is 5.56 Å². The average molecular weight is 210 g/mol. The lowest BCUT2D eigenvalue weighted by molar-refractivity contribution is -0.158. The van der Waals surface area contributed by atoms with Crippen LogP contribution in [0.2, 0.25) is 0 Å². The highest BCUT2D eigenvalue weighted by atomic mass is 16.7. The third-order valence-electron chi connectivity index (χ3n) is 1.93. The molecule has 0 saturated heterocycles. The van der Waals surface area contributed by atoms with Gasteiger partial charge in [-0.2, -0.15) is 0 Å². The Morgan fingerprint density at radius 1 is 1.40 bits per heavy atom. The molecule has 1 unspecified atom stereocenters. The van der Waals surface area contributed by atoms with E-state index in [1.165, 1.54) is 7.11 Å². The van der Waals surface area contributed by atoms with E-state index in [4.69, 9.17) is 9.84 Å². The van der Waals surface area contributed by atoms with Crippen LogP contribution in [-0.2, 0) is 20.7 Å². The smallest absolute Gasteiger partial charge is 0.333 e. The molecule has 0 bridgehead atoms. The maximum atomic E-state index is 10.8. The Labute approximate surface area is 88.4 Å². The lowest BCUT2D eigenvalue weighted by Crippen LogP contribution is -2.27. The first-order valence-corrected chi connectivity index (χ1v) is 4.61. The lowest BCUT2D eigenvalue weighted by Gasteiger charge is -2.12. The Balaban J connectivity index is 2.55. The molecule has 1 rings (SSSR count). The van der Waals surface area contributed by atoms with Gasteiger partial charge in [-0.15, -0.1) is 0 Å². The molecule has 1 aromatic carbocycles. The largest absolute Gasteiger partial charge is 0.479 e. The summed E-state index contributed by atoms with van der Waals surface area (Å²) in [5.74, 6) is -0.976. The van der Waals surface area contributed by atoms with Gasteiger partial charge in [0.2, 0.25) is 0 Å². The molecule has 0 aliphatic heterocycles. The van der Waals surface area contributed by atoms with Crippen LogP contribution in [0.15, 0.2) is 30.3 Å². The van der Waals surface area contributed by atoms with Crippen molar-refractivity contribution in [1.82, 2.24) is 0 Å². The van der Waals surface area contributed by atoms with Gasteiger partial charge in [-0.1, -0.05) is 30.3 Å². The van der Waals surface area contributed by atoms with Gasteiger partial charge >= 0.3 is 5.97 Å². The van der Waals surface area contributed by atoms with Gasteiger partial charge in [-0.3, -0.25) is 0 Å². The number of hydrogen-bond donors (Lipinski definition) is 1. The summed E-state index contributed by atoms with van der Waals surface area (Å²) in [5.41, 5.74) is 0.931. The van der Waals surface area contributed by atoms with Crippen molar-refractivity contribution in [2.45, 2.75) is 12.5 Å². The zero-order valence-electron chi connectivity index (χ0n) is 8.55. The van der Waals surface area contributed by atoms with E-state index in [0.29, 0.717) is 6.42 Å². The third kappa shape index (κ3) is 4.10. The number of hydrogen-bond acceptors (Lipinski definition) is 3. The first-order chi connectivity index (χ1) is 7.24. The minimum atomic E-state index is -0.976. The first kappa shape index (κ1) is 11.7. The molecule has 0 heterocycles. The zero-order valence-corrected chi connectivity index (χ0v) is 8.55. The molecule has 1 N–H and O–H groups in total. The molecular weight excluding hydrogens is 196 g/mol. The molecule has 0 fully saturated rings. The van der Waals surface area contributed by atoms with Crippen LogP contribution in [0.25, 0.3) is 0 Å². The van der Waals surface area contributed by atoms with Crippen LogP contribution >= 0.6 is 0 Å². The van der Waals surface area contributed by atoms with Crippen LogP contribution in [-0.4, -0.2) is 31.1 Å².